The lowest BCUT2D eigenvalue weighted by Crippen LogP contribution is -2.44. The Labute approximate surface area is 118 Å². The smallest absolute Gasteiger partial charge is 0.319 e. The van der Waals surface area contributed by atoms with Gasteiger partial charge in [0.05, 0.1) is 6.54 Å². The van der Waals surface area contributed by atoms with Gasteiger partial charge >= 0.3 is 6.03 Å². The number of nitrogens with one attached hydrogen (secondary N) is 1. The summed E-state index contributed by atoms with van der Waals surface area (Å²) in [6.07, 6.45) is 1.25. The van der Waals surface area contributed by atoms with Gasteiger partial charge in [0, 0.05) is 0 Å². The molecule has 0 spiro atoms. The van der Waals surface area contributed by atoms with E-state index in [0.717, 1.165) is 16.9 Å². The Morgan fingerprint density at radius 3 is 2.45 bits per heavy atom. The third-order valence-corrected chi connectivity index (χ3v) is 3.45. The van der Waals surface area contributed by atoms with E-state index in [-0.39, 0.29) is 18.2 Å². The standard InChI is InChI=1S/C15H18N2O3/c1-3-9-15(12-7-5-4-6-8-12)13(19)17(10-11(2)18)14(20)16-15/h4-8H,3,9-10H2,1-2H3,(H,16,20)/t15-/m1/s1. The molecular formula is C15H18N2O3. The van der Waals surface area contributed by atoms with Crippen LogP contribution in [0.15, 0.2) is 30.3 Å². The normalized spacial score (nSPS) is 22.0. The van der Waals surface area contributed by atoms with E-state index in [1.165, 1.54) is 6.92 Å². The molecule has 1 heterocycles. The average Bonchev–Trinajstić information content (AvgIpc) is 2.65. The maximum Gasteiger partial charge on any atom is 0.325 e. The van der Waals surface area contributed by atoms with E-state index in [1.54, 1.807) is 0 Å². The number of rotatable bonds is 5. The maximum atomic E-state index is 12.7. The molecule has 1 saturated heterocycles. The highest BCUT2D eigenvalue weighted by Crippen LogP contribution is 2.33. The molecule has 1 aliphatic heterocycles. The van der Waals surface area contributed by atoms with Crippen LogP contribution in [0.2, 0.25) is 0 Å². The van der Waals surface area contributed by atoms with Gasteiger partial charge in [0.15, 0.2) is 0 Å². The minimum Gasteiger partial charge on any atom is -0.319 e. The summed E-state index contributed by atoms with van der Waals surface area (Å²) >= 11 is 0. The SMILES string of the molecule is CCC[C@]1(c2ccccc2)NC(=O)N(CC(C)=O)C1=O. The van der Waals surface area contributed by atoms with E-state index in [4.69, 9.17) is 0 Å². The summed E-state index contributed by atoms with van der Waals surface area (Å²) in [5.41, 5.74) is -0.283. The number of carbonyl (C=O) groups excluding carboxylic acids is 3. The fourth-order valence-electron chi connectivity index (χ4n) is 2.60. The van der Waals surface area contributed by atoms with Crippen molar-refractivity contribution in [3.63, 3.8) is 0 Å². The zero-order chi connectivity index (χ0) is 14.8. The molecule has 0 aromatic heterocycles. The van der Waals surface area contributed by atoms with Gasteiger partial charge < -0.3 is 5.32 Å². The van der Waals surface area contributed by atoms with Crippen molar-refractivity contribution in [3.05, 3.63) is 35.9 Å². The van der Waals surface area contributed by atoms with Crippen molar-refractivity contribution in [2.75, 3.05) is 6.54 Å². The Bertz CT molecular complexity index is 541. The van der Waals surface area contributed by atoms with Crippen LogP contribution < -0.4 is 5.32 Å². The highest BCUT2D eigenvalue weighted by molar-refractivity contribution is 6.09. The molecule has 3 amide bonds. The molecule has 1 aromatic rings. The van der Waals surface area contributed by atoms with Gasteiger partial charge in [-0.25, -0.2) is 4.79 Å². The molecule has 0 radical (unpaired) electrons. The fraction of sp³-hybridized carbons (Fsp3) is 0.400. The second-order valence-electron chi connectivity index (χ2n) is 5.04. The van der Waals surface area contributed by atoms with Crippen LogP contribution in [0.25, 0.3) is 0 Å². The van der Waals surface area contributed by atoms with E-state index < -0.39 is 11.6 Å². The molecule has 1 aliphatic rings. The van der Waals surface area contributed by atoms with Gasteiger partial charge in [-0.1, -0.05) is 43.7 Å². The summed E-state index contributed by atoms with van der Waals surface area (Å²) in [4.78, 5) is 36.9. The third kappa shape index (κ3) is 2.31. The molecule has 1 aromatic carbocycles. The number of benzene rings is 1. The zero-order valence-electron chi connectivity index (χ0n) is 11.7. The van der Waals surface area contributed by atoms with Gasteiger partial charge in [-0.3, -0.25) is 14.5 Å². The minimum atomic E-state index is -1.04. The molecule has 0 saturated carbocycles. The Morgan fingerprint density at radius 2 is 1.90 bits per heavy atom. The molecule has 5 heteroatoms. The van der Waals surface area contributed by atoms with Gasteiger partial charge in [-0.05, 0) is 18.9 Å². The van der Waals surface area contributed by atoms with Crippen molar-refractivity contribution in [3.8, 4) is 0 Å². The molecule has 5 nitrogen and oxygen atoms in total. The van der Waals surface area contributed by atoms with E-state index >= 15 is 0 Å². The zero-order valence-corrected chi connectivity index (χ0v) is 11.7. The first-order valence-corrected chi connectivity index (χ1v) is 6.70. The first-order chi connectivity index (χ1) is 9.51. The van der Waals surface area contributed by atoms with Crippen LogP contribution in [0.3, 0.4) is 0 Å². The number of ketones is 1. The first-order valence-electron chi connectivity index (χ1n) is 6.70. The quantitative estimate of drug-likeness (QED) is 0.833. The van der Waals surface area contributed by atoms with Crippen molar-refractivity contribution in [2.24, 2.45) is 0 Å². The molecule has 0 aliphatic carbocycles. The summed E-state index contributed by atoms with van der Waals surface area (Å²) in [6.45, 7) is 3.14. The van der Waals surface area contributed by atoms with Crippen LogP contribution in [0.1, 0.15) is 32.3 Å². The summed E-state index contributed by atoms with van der Waals surface area (Å²) < 4.78 is 0. The molecule has 106 valence electrons. The van der Waals surface area contributed by atoms with Crippen LogP contribution in [-0.2, 0) is 15.1 Å². The maximum absolute atomic E-state index is 12.7. The van der Waals surface area contributed by atoms with Gasteiger partial charge in [-0.15, -0.1) is 0 Å². The summed E-state index contributed by atoms with van der Waals surface area (Å²) in [7, 11) is 0. The van der Waals surface area contributed by atoms with Crippen molar-refractivity contribution in [1.29, 1.82) is 0 Å². The van der Waals surface area contributed by atoms with Crippen molar-refractivity contribution < 1.29 is 14.4 Å². The lowest BCUT2D eigenvalue weighted by atomic mass is 9.85. The second-order valence-corrected chi connectivity index (χ2v) is 5.04. The molecule has 0 unspecified atom stereocenters. The number of nitrogens with zero attached hydrogens (tertiary/aromatic N) is 1. The molecule has 0 bridgehead atoms. The van der Waals surface area contributed by atoms with E-state index in [0.29, 0.717) is 6.42 Å². The van der Waals surface area contributed by atoms with Crippen molar-refractivity contribution in [2.45, 2.75) is 32.2 Å². The van der Waals surface area contributed by atoms with Gasteiger partial charge in [0.1, 0.15) is 11.3 Å². The van der Waals surface area contributed by atoms with E-state index in [1.807, 2.05) is 37.3 Å². The second kappa shape index (κ2) is 5.45. The van der Waals surface area contributed by atoms with Gasteiger partial charge in [0.25, 0.3) is 5.91 Å². The number of carbonyl (C=O) groups is 3. The number of amides is 3. The Balaban J connectivity index is 2.42. The van der Waals surface area contributed by atoms with Crippen LogP contribution >= 0.6 is 0 Å². The third-order valence-electron chi connectivity index (χ3n) is 3.45. The van der Waals surface area contributed by atoms with Crippen LogP contribution in [0, 0.1) is 0 Å². The largest absolute Gasteiger partial charge is 0.325 e. The van der Waals surface area contributed by atoms with Crippen LogP contribution in [-0.4, -0.2) is 29.2 Å². The lowest BCUT2D eigenvalue weighted by Gasteiger charge is -2.26. The first kappa shape index (κ1) is 14.2. The number of imide groups is 1. The molecule has 1 N–H and O–H groups in total. The Morgan fingerprint density at radius 1 is 1.25 bits per heavy atom. The summed E-state index contributed by atoms with van der Waals surface area (Å²) in [5, 5.41) is 2.78. The van der Waals surface area contributed by atoms with Gasteiger partial charge in [0.2, 0.25) is 0 Å². The topological polar surface area (TPSA) is 66.5 Å². The van der Waals surface area contributed by atoms with Crippen molar-refractivity contribution in [1.82, 2.24) is 10.2 Å². The molecular weight excluding hydrogens is 256 g/mol. The molecule has 1 atom stereocenters. The molecule has 20 heavy (non-hydrogen) atoms. The predicted octanol–water partition coefficient (Wildman–Crippen LogP) is 1.82. The fourth-order valence-corrected chi connectivity index (χ4v) is 2.60. The molecule has 1 fully saturated rings. The summed E-state index contributed by atoms with van der Waals surface area (Å²) in [6, 6.07) is 8.68. The van der Waals surface area contributed by atoms with Crippen LogP contribution in [0.4, 0.5) is 4.79 Å². The predicted molar refractivity (Wildman–Crippen MR) is 74.0 cm³/mol. The Kier molecular flexibility index (Phi) is 3.88. The number of hydrogen-bond acceptors (Lipinski definition) is 3. The number of urea groups is 1. The van der Waals surface area contributed by atoms with Crippen LogP contribution in [0.5, 0.6) is 0 Å². The van der Waals surface area contributed by atoms with Gasteiger partial charge in [-0.2, -0.15) is 0 Å². The highest BCUT2D eigenvalue weighted by atomic mass is 16.2. The van der Waals surface area contributed by atoms with Crippen molar-refractivity contribution >= 4 is 17.7 Å². The highest BCUT2D eigenvalue weighted by Gasteiger charge is 2.51. The lowest BCUT2D eigenvalue weighted by molar-refractivity contribution is -0.134. The molecule has 2 rings (SSSR count). The average molecular weight is 274 g/mol. The Hall–Kier alpha value is -2.17. The number of Topliss-reactive ketones (excluding diaryl/α,β-unsaturated/α-hetero) is 1. The van der Waals surface area contributed by atoms with E-state index in [2.05, 4.69) is 5.32 Å². The number of hydrogen-bond donors (Lipinski definition) is 1. The van der Waals surface area contributed by atoms with E-state index in [9.17, 15) is 14.4 Å². The summed E-state index contributed by atoms with van der Waals surface area (Å²) in [5.74, 6) is -0.556. The monoisotopic (exact) mass is 274 g/mol. The minimum absolute atomic E-state index is 0.178.